The van der Waals surface area contributed by atoms with Gasteiger partial charge in [0.1, 0.15) is 76.7 Å². The number of rotatable bonds is 21. The number of anilines is 5. The summed E-state index contributed by atoms with van der Waals surface area (Å²) >= 11 is 1.63. The van der Waals surface area contributed by atoms with Gasteiger partial charge in [0.15, 0.2) is 5.13 Å². The average Bonchev–Trinajstić information content (AvgIpc) is 1.70. The predicted molar refractivity (Wildman–Crippen MR) is 459 cm³/mol. The zero-order valence-corrected chi connectivity index (χ0v) is 67.5. The summed E-state index contributed by atoms with van der Waals surface area (Å²) in [5.41, 5.74) is 4.30. The average molecular weight is 1680 g/mol. The lowest BCUT2D eigenvalue weighted by Gasteiger charge is -2.30. The third-order valence-corrected chi connectivity index (χ3v) is 22.2. The maximum atomic E-state index is 11.6. The van der Waals surface area contributed by atoms with Gasteiger partial charge < -0.3 is 73.8 Å². The van der Waals surface area contributed by atoms with Crippen molar-refractivity contribution in [2.75, 3.05) is 79.4 Å². The Kier molecular flexibility index (Phi) is 25.1. The molecule has 0 radical (unpaired) electrons. The van der Waals surface area contributed by atoms with Crippen LogP contribution in [0.2, 0.25) is 0 Å². The molecule has 2 saturated carbocycles. The summed E-state index contributed by atoms with van der Waals surface area (Å²) in [6.07, 6.45) is 20.2. The molecule has 10 unspecified atom stereocenters. The zero-order valence-electron chi connectivity index (χ0n) is 66.7. The SMILES string of the molecule is Cc1cnc(NC2COCC(Oc3ccc4c(=O)[nH][nH]c4c3)C2)s1.Cn1cnc(NC2COCC(Oc3ccc4c(=O)[nH][nH]c4c3)C2)c1.O=c1[nH][nH]c2cc(OC3CCCC(Nc4nccnn4)C3)ccc12.O=c1[nH][nH]c2cc(OC3COCC(Nc4cc(C5CC5)[nH]n4)C3)ccc12.O=c1[nH][nH]c2cc(OC3COCC(Nc4ccccn4)C3)ccc12. The fourth-order valence-corrected chi connectivity index (χ4v) is 16.1. The summed E-state index contributed by atoms with van der Waals surface area (Å²) in [7, 11) is 1.93. The van der Waals surface area contributed by atoms with Gasteiger partial charge in [0.2, 0.25) is 5.95 Å². The molecule has 14 heterocycles. The third kappa shape index (κ3) is 21.2. The molecule has 0 amide bonds. The van der Waals surface area contributed by atoms with Gasteiger partial charge in [-0.2, -0.15) is 10.2 Å². The molecule has 38 nitrogen and oxygen atoms in total. The lowest BCUT2D eigenvalue weighted by atomic mass is 9.93. The Balaban J connectivity index is 0.000000108. The quantitative estimate of drug-likeness (QED) is 0.0318. The minimum Gasteiger partial charge on any atom is -0.490 e. The van der Waals surface area contributed by atoms with Crippen LogP contribution < -0.4 is 78.1 Å². The summed E-state index contributed by atoms with van der Waals surface area (Å²) < 4.78 is 54.8. The van der Waals surface area contributed by atoms with Crippen LogP contribution in [0, 0.1) is 6.92 Å². The van der Waals surface area contributed by atoms with Crippen molar-refractivity contribution >= 4 is 94.4 Å². The van der Waals surface area contributed by atoms with Crippen LogP contribution in [-0.2, 0) is 26.0 Å². The minimum absolute atomic E-state index is 0.0413. The normalized spacial score (nSPS) is 21.4. The maximum absolute atomic E-state index is 11.6. The first-order valence-corrected chi connectivity index (χ1v) is 41.5. The topological polar surface area (TPSA) is 497 Å². The Hall–Kier alpha value is -13.5. The molecule has 4 saturated heterocycles. The van der Waals surface area contributed by atoms with Crippen LogP contribution in [0.3, 0.4) is 0 Å². The van der Waals surface area contributed by atoms with E-state index in [1.54, 1.807) is 78.7 Å². The molecule has 10 aromatic heterocycles. The number of imidazole rings is 1. The number of H-pyrrole nitrogens is 11. The van der Waals surface area contributed by atoms with Crippen molar-refractivity contribution in [3.8, 4) is 28.7 Å². The van der Waals surface area contributed by atoms with Gasteiger partial charge in [-0.1, -0.05) is 6.07 Å². The van der Waals surface area contributed by atoms with E-state index in [2.05, 4.69) is 124 Å². The second-order valence-electron chi connectivity index (χ2n) is 31.0. The van der Waals surface area contributed by atoms with E-state index in [9.17, 15) is 24.0 Å². The molecule has 21 rings (SSSR count). The number of aromatic amines is 11. The van der Waals surface area contributed by atoms with E-state index in [0.717, 1.165) is 119 Å². The molecule has 0 bridgehead atoms. The Bertz CT molecular complexity index is 5960. The van der Waals surface area contributed by atoms with E-state index in [4.69, 9.17) is 42.6 Å². The van der Waals surface area contributed by atoms with Crippen molar-refractivity contribution in [2.45, 2.75) is 138 Å². The Morgan fingerprint density at radius 2 is 0.844 bits per heavy atom. The molecule has 2 aliphatic carbocycles. The first kappa shape index (κ1) is 80.9. The molecular formula is C83H94N24O14S. The molecule has 636 valence electrons. The van der Waals surface area contributed by atoms with Crippen molar-refractivity contribution in [3.63, 3.8) is 0 Å². The van der Waals surface area contributed by atoms with Gasteiger partial charge in [-0.05, 0) is 112 Å². The largest absolute Gasteiger partial charge is 0.490 e. The second-order valence-corrected chi connectivity index (χ2v) is 32.2. The van der Waals surface area contributed by atoms with Crippen molar-refractivity contribution in [1.29, 1.82) is 0 Å². The fraction of sp³-hybridized carbons (Fsp3) is 0.373. The maximum Gasteiger partial charge on any atom is 0.271 e. The predicted octanol–water partition coefficient (Wildman–Crippen LogP) is 9.36. The Labute approximate surface area is 697 Å². The molecule has 0 spiro atoms. The molecule has 4 aliphatic heterocycles. The standard InChI is InChI=1S/C18H21N5O3.C17H18N4O3.C16H18N6O2.C16H19N5O3.C16H18N4O3S/c24-18-14-4-3-12(6-16(14)21-23-18)26-13-5-11(8-25-9-13)19-17-7-15(20-22-17)10-1-2-10;22-17-14-5-4-12(8-15(14)20-21-17)24-13-7-11(9-23-10-13)19-16-3-1-2-6-18-16;23-15-13-5-4-12(9-14(13)20-21-15)24-11-3-1-2-10(8-11)19-16-17-6-7-18-22-16;1-21-6-15(17-9-21)18-10-4-12(8-23-7-10)24-11-2-3-13-14(5-11)19-20-16(13)22;1-9-6-17-16(24-9)18-10-4-12(8-22-7-10)23-11-2-3-13-14(5-11)19-20-15(13)21/h3-4,6-7,10-11,13H,1-2,5,8-9H2,(H2,19,20,22)(H2,21,23,24);1-6,8,11,13H,7,9-10H2,(H,18,19)(H2,20,21,22);4-7,9-11H,1-3,8H2,(H,17,19,22)(H2,20,21,23);2-3,5-6,9-10,12,18H,4,7-8H2,1H3,(H2,19,20,22);2-3,5-6,10,12H,4,7-8H2,1H3,(H,17,18)(H2,19,20,21). The lowest BCUT2D eigenvalue weighted by Crippen LogP contribution is -2.40. The molecule has 10 atom stereocenters. The highest BCUT2D eigenvalue weighted by Crippen LogP contribution is 2.40. The van der Waals surface area contributed by atoms with E-state index < -0.39 is 0 Å². The van der Waals surface area contributed by atoms with Gasteiger partial charge in [-0.15, -0.1) is 16.4 Å². The fourth-order valence-electron chi connectivity index (χ4n) is 15.4. The molecule has 16 N–H and O–H groups in total. The van der Waals surface area contributed by atoms with Crippen molar-refractivity contribution < 1.29 is 42.6 Å². The van der Waals surface area contributed by atoms with E-state index in [1.165, 1.54) is 23.4 Å². The summed E-state index contributed by atoms with van der Waals surface area (Å²) in [5.74, 6) is 7.37. The second kappa shape index (κ2) is 37.8. The Morgan fingerprint density at radius 3 is 1.25 bits per heavy atom. The zero-order chi connectivity index (χ0) is 83.3. The van der Waals surface area contributed by atoms with E-state index >= 15 is 0 Å². The first-order chi connectivity index (χ1) is 59.6. The van der Waals surface area contributed by atoms with Gasteiger partial charge >= 0.3 is 0 Å². The number of hydrogen-bond donors (Lipinski definition) is 16. The van der Waals surface area contributed by atoms with Crippen LogP contribution in [-0.4, -0.2) is 209 Å². The number of nitrogens with one attached hydrogen (secondary N) is 16. The number of thiazole rings is 1. The monoisotopic (exact) mass is 1680 g/mol. The number of pyridine rings is 1. The van der Waals surface area contributed by atoms with Crippen LogP contribution in [0.4, 0.5) is 28.5 Å². The lowest BCUT2D eigenvalue weighted by molar-refractivity contribution is 0.000761. The van der Waals surface area contributed by atoms with Crippen LogP contribution in [0.1, 0.15) is 80.7 Å². The summed E-state index contributed by atoms with van der Waals surface area (Å²) in [5, 5.41) is 63.2. The van der Waals surface area contributed by atoms with Crippen molar-refractivity contribution in [1.82, 2.24) is 95.9 Å². The van der Waals surface area contributed by atoms with Crippen LogP contribution in [0.5, 0.6) is 28.7 Å². The number of benzene rings is 5. The van der Waals surface area contributed by atoms with Crippen molar-refractivity contribution in [3.05, 3.63) is 215 Å². The molecule has 122 heavy (non-hydrogen) atoms. The summed E-state index contributed by atoms with van der Waals surface area (Å²) in [4.78, 5) is 75.9. The summed E-state index contributed by atoms with van der Waals surface area (Å²) in [6.45, 7) is 6.75. The molecule has 5 aromatic carbocycles. The van der Waals surface area contributed by atoms with Gasteiger partial charge in [-0.25, -0.2) is 19.9 Å². The smallest absolute Gasteiger partial charge is 0.271 e. The van der Waals surface area contributed by atoms with E-state index in [-0.39, 0.29) is 88.5 Å². The van der Waals surface area contributed by atoms with Gasteiger partial charge in [-0.3, -0.25) is 80.1 Å². The third-order valence-electron chi connectivity index (χ3n) is 21.4. The van der Waals surface area contributed by atoms with Crippen molar-refractivity contribution in [2.24, 2.45) is 7.05 Å². The van der Waals surface area contributed by atoms with E-state index in [0.29, 0.717) is 103 Å². The number of aryl methyl sites for hydroxylation is 2. The summed E-state index contributed by atoms with van der Waals surface area (Å²) in [6, 6.07) is 35.8. The molecule has 6 aliphatic rings. The minimum atomic E-state index is -0.128. The Morgan fingerprint density at radius 1 is 0.410 bits per heavy atom. The van der Waals surface area contributed by atoms with Crippen LogP contribution >= 0.6 is 11.3 Å². The first-order valence-electron chi connectivity index (χ1n) is 40.6. The van der Waals surface area contributed by atoms with Crippen LogP contribution in [0.15, 0.2) is 177 Å². The van der Waals surface area contributed by atoms with Gasteiger partial charge in [0.05, 0.1) is 150 Å². The number of nitrogens with zero attached hydrogens (tertiary/aromatic N) is 8. The molecule has 15 aromatic rings. The van der Waals surface area contributed by atoms with Crippen LogP contribution in [0.25, 0.3) is 54.5 Å². The molecule has 39 heteroatoms. The number of aromatic nitrogens is 19. The highest BCUT2D eigenvalue weighted by Gasteiger charge is 2.32. The number of ether oxygens (including phenoxy) is 9. The molecular weight excluding hydrogens is 1590 g/mol. The number of fused-ring (bicyclic) bond motifs is 5. The van der Waals surface area contributed by atoms with Gasteiger partial charge in [0.25, 0.3) is 27.8 Å². The highest BCUT2D eigenvalue weighted by molar-refractivity contribution is 7.15. The van der Waals surface area contributed by atoms with E-state index in [1.807, 2.05) is 97.7 Å². The highest BCUT2D eigenvalue weighted by atomic mass is 32.1. The number of hydrogen-bond acceptors (Lipinski definition) is 27. The molecule has 6 fully saturated rings. The van der Waals surface area contributed by atoms with Gasteiger partial charge in [0, 0.05) is 117 Å².